The van der Waals surface area contributed by atoms with E-state index in [0.29, 0.717) is 11.8 Å². The number of nitrogens with zero attached hydrogens (tertiary/aromatic N) is 2. The molecule has 0 fully saturated rings. The van der Waals surface area contributed by atoms with Gasteiger partial charge in [-0.05, 0) is 152 Å². The molecule has 8 rings (SSSR count). The molecule has 0 aliphatic carbocycles. The van der Waals surface area contributed by atoms with Crippen LogP contribution >= 0.6 is 0 Å². The minimum Gasteiger partial charge on any atom is -0.310 e. The molecule has 2 nitrogen and oxygen atoms in total. The predicted octanol–water partition coefficient (Wildman–Crippen LogP) is 16.3. The third-order valence-corrected chi connectivity index (χ3v) is 11.5. The first-order chi connectivity index (χ1) is 26.9. The Morgan fingerprint density at radius 3 is 0.911 bits per heavy atom. The standard InChI is InChI=1S/C52H50F2N2/c1-31(2)35-9-17-39(18-10-35)55(41-21-13-37(53)14-22-41)49-29-47(33(5)6)43-26-28-46-50(30-48(34(7)8)44-25-27-45(49)51(43)52(44)46)56(42-23-15-38(54)16-24-42)40-19-11-36(12-20-40)32(3)4/h9-34H,1-8H3. The maximum absolute atomic E-state index is 14.5. The highest BCUT2D eigenvalue weighted by Crippen LogP contribution is 2.51. The minimum atomic E-state index is -0.264. The molecule has 8 aromatic carbocycles. The first-order valence-electron chi connectivity index (χ1n) is 20.0. The summed E-state index contributed by atoms with van der Waals surface area (Å²) in [7, 11) is 0. The molecule has 282 valence electrons. The fourth-order valence-corrected chi connectivity index (χ4v) is 8.39. The van der Waals surface area contributed by atoms with E-state index in [9.17, 15) is 8.78 Å². The SMILES string of the molecule is CC(C)c1ccc(N(c2ccc(F)cc2)c2cc(C(C)C)c3ccc4c(N(c5ccc(F)cc5)c5ccc(C(C)C)cc5)cc(C(C)C)c5ccc2c3c54)cc1. The molecule has 56 heavy (non-hydrogen) atoms. The Hall–Kier alpha value is -5.74. The van der Waals surface area contributed by atoms with Crippen LogP contribution in [0.15, 0.2) is 133 Å². The van der Waals surface area contributed by atoms with Gasteiger partial charge in [0.1, 0.15) is 11.6 Å². The van der Waals surface area contributed by atoms with Crippen molar-refractivity contribution in [2.75, 3.05) is 9.80 Å². The van der Waals surface area contributed by atoms with Crippen molar-refractivity contribution >= 4 is 66.4 Å². The number of hydrogen-bond donors (Lipinski definition) is 0. The van der Waals surface area contributed by atoms with Gasteiger partial charge in [0.05, 0.1) is 11.4 Å². The van der Waals surface area contributed by atoms with E-state index in [-0.39, 0.29) is 23.5 Å². The van der Waals surface area contributed by atoms with Crippen molar-refractivity contribution in [2.24, 2.45) is 0 Å². The van der Waals surface area contributed by atoms with Gasteiger partial charge in [-0.25, -0.2) is 8.78 Å². The van der Waals surface area contributed by atoms with Crippen molar-refractivity contribution in [1.82, 2.24) is 0 Å². The van der Waals surface area contributed by atoms with Gasteiger partial charge >= 0.3 is 0 Å². The fourth-order valence-electron chi connectivity index (χ4n) is 8.39. The number of benzene rings is 8. The van der Waals surface area contributed by atoms with E-state index in [1.165, 1.54) is 43.8 Å². The molecule has 0 amide bonds. The number of halogens is 2. The van der Waals surface area contributed by atoms with Crippen molar-refractivity contribution in [1.29, 1.82) is 0 Å². The van der Waals surface area contributed by atoms with Crippen molar-refractivity contribution in [3.8, 4) is 0 Å². The highest BCUT2D eigenvalue weighted by atomic mass is 19.1. The summed E-state index contributed by atoms with van der Waals surface area (Å²) in [6, 6.07) is 45.1. The zero-order valence-electron chi connectivity index (χ0n) is 33.7. The minimum absolute atomic E-state index is 0.232. The summed E-state index contributed by atoms with van der Waals surface area (Å²) in [4.78, 5) is 4.57. The Morgan fingerprint density at radius 1 is 0.339 bits per heavy atom. The van der Waals surface area contributed by atoms with Gasteiger partial charge in [0.2, 0.25) is 0 Å². The van der Waals surface area contributed by atoms with Crippen LogP contribution in [0.1, 0.15) is 101 Å². The molecule has 0 N–H and O–H groups in total. The zero-order valence-corrected chi connectivity index (χ0v) is 33.7. The molecule has 0 aliphatic rings. The van der Waals surface area contributed by atoms with E-state index in [2.05, 4.69) is 150 Å². The van der Waals surface area contributed by atoms with Crippen LogP contribution in [0, 0.1) is 11.6 Å². The fraction of sp³-hybridized carbons (Fsp3) is 0.231. The Kier molecular flexibility index (Phi) is 9.78. The molecule has 0 saturated carbocycles. The largest absolute Gasteiger partial charge is 0.310 e. The Morgan fingerprint density at radius 2 is 0.625 bits per heavy atom. The lowest BCUT2D eigenvalue weighted by molar-refractivity contribution is 0.627. The first-order valence-corrected chi connectivity index (χ1v) is 20.0. The molecule has 0 radical (unpaired) electrons. The average molecular weight is 741 g/mol. The Bertz CT molecular complexity index is 2450. The van der Waals surface area contributed by atoms with Crippen LogP contribution < -0.4 is 9.80 Å². The monoisotopic (exact) mass is 740 g/mol. The molecule has 0 saturated heterocycles. The highest BCUT2D eigenvalue weighted by molar-refractivity contribution is 6.29. The first kappa shape index (κ1) is 37.2. The predicted molar refractivity (Wildman–Crippen MR) is 236 cm³/mol. The van der Waals surface area contributed by atoms with E-state index >= 15 is 0 Å². The summed E-state index contributed by atoms with van der Waals surface area (Å²) in [6.45, 7) is 17.9. The topological polar surface area (TPSA) is 6.48 Å². The molecular weight excluding hydrogens is 691 g/mol. The molecule has 0 aromatic heterocycles. The van der Waals surface area contributed by atoms with Crippen molar-refractivity contribution < 1.29 is 8.78 Å². The molecule has 0 spiro atoms. The maximum atomic E-state index is 14.5. The number of anilines is 6. The van der Waals surface area contributed by atoms with Gasteiger partial charge in [0, 0.05) is 33.5 Å². The third-order valence-electron chi connectivity index (χ3n) is 11.5. The lowest BCUT2D eigenvalue weighted by Crippen LogP contribution is -2.13. The second kappa shape index (κ2) is 14.7. The van der Waals surface area contributed by atoms with Crippen LogP contribution in [0.3, 0.4) is 0 Å². The second-order valence-corrected chi connectivity index (χ2v) is 16.5. The van der Waals surface area contributed by atoms with Crippen LogP contribution in [0.25, 0.3) is 32.3 Å². The molecule has 0 aliphatic heterocycles. The number of rotatable bonds is 10. The van der Waals surface area contributed by atoms with E-state index in [0.717, 1.165) is 44.9 Å². The molecule has 0 unspecified atom stereocenters. The summed E-state index contributed by atoms with van der Waals surface area (Å²) < 4.78 is 29.0. The average Bonchev–Trinajstić information content (AvgIpc) is 3.19. The molecule has 0 bridgehead atoms. The van der Waals surface area contributed by atoms with Crippen molar-refractivity contribution in [2.45, 2.75) is 79.1 Å². The summed E-state index contributed by atoms with van der Waals surface area (Å²) in [5.41, 5.74) is 11.0. The number of hydrogen-bond acceptors (Lipinski definition) is 2. The van der Waals surface area contributed by atoms with Gasteiger partial charge in [-0.3, -0.25) is 0 Å². The molecular formula is C52H50F2N2. The molecule has 0 atom stereocenters. The molecule has 0 heterocycles. The Labute approximate surface area is 330 Å². The van der Waals surface area contributed by atoms with E-state index in [4.69, 9.17) is 0 Å². The lowest BCUT2D eigenvalue weighted by atomic mass is 9.84. The van der Waals surface area contributed by atoms with Crippen LogP contribution in [0.4, 0.5) is 42.9 Å². The van der Waals surface area contributed by atoms with Crippen molar-refractivity contribution in [3.05, 3.63) is 167 Å². The summed E-state index contributed by atoms with van der Waals surface area (Å²) in [6.07, 6.45) is 0. The summed E-state index contributed by atoms with van der Waals surface area (Å²) in [5.74, 6) is 0.738. The van der Waals surface area contributed by atoms with E-state index in [1.54, 1.807) is 24.3 Å². The zero-order chi connectivity index (χ0) is 39.4. The van der Waals surface area contributed by atoms with Crippen LogP contribution in [-0.4, -0.2) is 0 Å². The second-order valence-electron chi connectivity index (χ2n) is 16.5. The quantitative estimate of drug-likeness (QED) is 0.129. The highest BCUT2D eigenvalue weighted by Gasteiger charge is 2.26. The van der Waals surface area contributed by atoms with Crippen LogP contribution in [-0.2, 0) is 0 Å². The van der Waals surface area contributed by atoms with E-state index < -0.39 is 0 Å². The van der Waals surface area contributed by atoms with Crippen LogP contribution in [0.2, 0.25) is 0 Å². The van der Waals surface area contributed by atoms with Gasteiger partial charge in [0.25, 0.3) is 0 Å². The van der Waals surface area contributed by atoms with Gasteiger partial charge in [0.15, 0.2) is 0 Å². The molecule has 8 aromatic rings. The maximum Gasteiger partial charge on any atom is 0.123 e. The summed E-state index contributed by atoms with van der Waals surface area (Å²) >= 11 is 0. The van der Waals surface area contributed by atoms with Gasteiger partial charge < -0.3 is 9.80 Å². The van der Waals surface area contributed by atoms with Crippen molar-refractivity contribution in [3.63, 3.8) is 0 Å². The van der Waals surface area contributed by atoms with Crippen LogP contribution in [0.5, 0.6) is 0 Å². The van der Waals surface area contributed by atoms with Gasteiger partial charge in [-0.2, -0.15) is 0 Å². The van der Waals surface area contributed by atoms with E-state index in [1.807, 2.05) is 24.3 Å². The molecule has 4 heteroatoms. The third kappa shape index (κ3) is 6.55. The normalized spacial score (nSPS) is 12.0. The lowest BCUT2D eigenvalue weighted by Gasteiger charge is -2.31. The van der Waals surface area contributed by atoms with Gasteiger partial charge in [-0.1, -0.05) is 104 Å². The Balaban J connectivity index is 1.48. The van der Waals surface area contributed by atoms with Gasteiger partial charge in [-0.15, -0.1) is 0 Å². The smallest absolute Gasteiger partial charge is 0.123 e. The summed E-state index contributed by atoms with van der Waals surface area (Å²) in [5, 5.41) is 7.14.